The molecule has 1 nitrogen and oxygen atoms in total. The molecule has 0 aliphatic carbocycles. The van der Waals surface area contributed by atoms with Crippen LogP contribution in [0.15, 0.2) is 0 Å². The fraction of sp³-hybridized carbons (Fsp3) is 1.00. The summed E-state index contributed by atoms with van der Waals surface area (Å²) in [6, 6.07) is 0. The average molecular weight is 343 g/mol. The van der Waals surface area contributed by atoms with Gasteiger partial charge in [0.05, 0.1) is 28.2 Å². The molecule has 0 aromatic rings. The first-order valence-electron chi connectivity index (χ1n) is 2.36. The van der Waals surface area contributed by atoms with Crippen molar-refractivity contribution in [2.75, 3.05) is 28.2 Å². The van der Waals surface area contributed by atoms with Crippen LogP contribution in [0.25, 0.3) is 0 Å². The van der Waals surface area contributed by atoms with Crippen molar-refractivity contribution in [1.82, 2.24) is 0 Å². The third-order valence-electron chi connectivity index (χ3n) is 0. The van der Waals surface area contributed by atoms with Gasteiger partial charge in [-0.3, -0.25) is 0 Å². The fourth-order valence-corrected chi connectivity index (χ4v) is 0. The third-order valence-corrected chi connectivity index (χ3v) is 0. The normalized spacial score (nSPS) is 13.6. The van der Waals surface area contributed by atoms with E-state index in [9.17, 15) is 0 Å². The van der Waals surface area contributed by atoms with Crippen LogP contribution in [0.5, 0.6) is 0 Å². The minimum atomic E-state index is -3.05. The van der Waals surface area contributed by atoms with Gasteiger partial charge in [-0.1, -0.05) is 0 Å². The van der Waals surface area contributed by atoms with E-state index in [2.05, 4.69) is 28.2 Å². The van der Waals surface area contributed by atoms with Crippen LogP contribution in [0.4, 0.5) is 0 Å². The van der Waals surface area contributed by atoms with Crippen LogP contribution in [0.1, 0.15) is 0 Å². The van der Waals surface area contributed by atoms with Gasteiger partial charge in [0.1, 0.15) is 0 Å². The van der Waals surface area contributed by atoms with E-state index in [0.717, 1.165) is 4.48 Å². The molecule has 0 aromatic carbocycles. The van der Waals surface area contributed by atoms with E-state index >= 15 is 0 Å². The number of nitrogens with zero attached hydrogens (tertiary/aromatic N) is 1. The van der Waals surface area contributed by atoms with Crippen LogP contribution in [0.3, 0.4) is 0 Å². The molecule has 10 heavy (non-hydrogen) atoms. The van der Waals surface area contributed by atoms with Crippen molar-refractivity contribution in [2.45, 2.75) is 0 Å². The van der Waals surface area contributed by atoms with Gasteiger partial charge < -0.3 is 4.48 Å². The maximum absolute atomic E-state index is 5.01. The first-order chi connectivity index (χ1) is 4.00. The van der Waals surface area contributed by atoms with Gasteiger partial charge in [-0.15, -0.1) is 0 Å². The van der Waals surface area contributed by atoms with Crippen LogP contribution >= 0.6 is 35.6 Å². The summed E-state index contributed by atoms with van der Waals surface area (Å²) in [4.78, 5) is 0. The molecule has 0 aromatic heterocycles. The number of hydrogen-bond acceptors (Lipinski definition) is 0. The Morgan fingerprint density at radius 2 is 0.800 bits per heavy atom. The molecule has 0 saturated heterocycles. The Morgan fingerprint density at radius 3 is 0.800 bits per heavy atom. The van der Waals surface area contributed by atoms with E-state index in [1.54, 1.807) is 0 Å². The average Bonchev–Trinajstić information content (AvgIpc) is 1.12. The van der Waals surface area contributed by atoms with Crippen molar-refractivity contribution in [2.24, 2.45) is 0 Å². The van der Waals surface area contributed by atoms with Crippen LogP contribution in [-0.4, -0.2) is 32.7 Å². The summed E-state index contributed by atoms with van der Waals surface area (Å²) in [6.45, 7) is 0. The van der Waals surface area contributed by atoms with E-state index in [1.165, 1.54) is 0 Å². The van der Waals surface area contributed by atoms with Crippen molar-refractivity contribution in [3.05, 3.63) is 0 Å². The Bertz CT molecular complexity index is 60.2. The van der Waals surface area contributed by atoms with Crippen molar-refractivity contribution in [3.63, 3.8) is 0 Å². The summed E-state index contributed by atoms with van der Waals surface area (Å²) in [7, 11) is 28.5. The summed E-state index contributed by atoms with van der Waals surface area (Å²) >= 11 is -3.05. The first kappa shape index (κ1) is 14.4. The summed E-state index contributed by atoms with van der Waals surface area (Å²) < 4.78 is 1.00. The Hall–Kier alpha value is 1.85. The molecule has 0 bridgehead atoms. The Labute approximate surface area is 81.5 Å². The quantitative estimate of drug-likeness (QED) is 0.432. The zero-order valence-electron chi connectivity index (χ0n) is 6.34. The standard InChI is InChI=1S/C4H12N.Cl4I/c2*1-5(2,3)4/h1-4H3;/q+1;-1. The zero-order chi connectivity index (χ0) is 9.00. The maximum atomic E-state index is 5.01. The van der Waals surface area contributed by atoms with E-state index in [-0.39, 0.29) is 0 Å². The molecular formula is C4H12Cl4IN. The molecule has 0 aliphatic heterocycles. The number of quaternary nitrogens is 1. The summed E-state index contributed by atoms with van der Waals surface area (Å²) in [5.41, 5.74) is 0. The van der Waals surface area contributed by atoms with Gasteiger partial charge in [-0.25, -0.2) is 0 Å². The molecule has 0 spiro atoms. The number of rotatable bonds is 0. The molecule has 0 N–H and O–H groups in total. The van der Waals surface area contributed by atoms with Crippen LogP contribution in [-0.2, 0) is 0 Å². The Kier molecular flexibility index (Phi) is 7.89. The molecule has 6 heteroatoms. The molecule has 0 heterocycles. The molecule has 0 aliphatic rings. The molecule has 0 amide bonds. The molecular weight excluding hydrogens is 331 g/mol. The fourth-order valence-electron chi connectivity index (χ4n) is 0. The predicted octanol–water partition coefficient (Wildman–Crippen LogP) is 0.0844. The zero-order valence-corrected chi connectivity index (χ0v) is 11.5. The van der Waals surface area contributed by atoms with Crippen molar-refractivity contribution >= 4 is 35.6 Å². The van der Waals surface area contributed by atoms with Crippen molar-refractivity contribution in [3.8, 4) is 0 Å². The minimum absolute atomic E-state index is 1.00. The second-order valence-electron chi connectivity index (χ2n) is 3.01. The Balaban J connectivity index is 0. The van der Waals surface area contributed by atoms with Gasteiger partial charge in [0, 0.05) is 0 Å². The topological polar surface area (TPSA) is 0 Å². The summed E-state index contributed by atoms with van der Waals surface area (Å²) in [5.74, 6) is 0. The second-order valence-corrected chi connectivity index (χ2v) is 22.2. The van der Waals surface area contributed by atoms with Gasteiger partial charge in [0.25, 0.3) is 0 Å². The first-order valence-corrected chi connectivity index (χ1v) is 13.3. The van der Waals surface area contributed by atoms with Crippen LogP contribution in [0.2, 0.25) is 0 Å². The van der Waals surface area contributed by atoms with E-state index in [0.29, 0.717) is 0 Å². The van der Waals surface area contributed by atoms with Crippen molar-refractivity contribution < 1.29 is 18.4 Å². The monoisotopic (exact) mass is 341 g/mol. The molecule has 68 valence electrons. The van der Waals surface area contributed by atoms with E-state index in [4.69, 9.17) is 35.6 Å². The predicted molar refractivity (Wildman–Crippen MR) is 47.4 cm³/mol. The van der Waals surface area contributed by atoms with Gasteiger partial charge in [-0.2, -0.15) is 0 Å². The second kappa shape index (κ2) is 5.49. The van der Waals surface area contributed by atoms with Crippen LogP contribution in [0, 0.1) is 0 Å². The summed E-state index contributed by atoms with van der Waals surface area (Å²) in [5, 5.41) is 0. The van der Waals surface area contributed by atoms with Gasteiger partial charge in [-0.05, 0) is 0 Å². The number of halogens is 5. The van der Waals surface area contributed by atoms with Gasteiger partial charge in [0.15, 0.2) is 0 Å². The molecule has 0 radical (unpaired) electrons. The SMILES string of the molecule is C[N+](C)(C)C.Cl[I-](Cl)(Cl)Cl. The van der Waals surface area contributed by atoms with Crippen LogP contribution < -0.4 is 13.9 Å². The molecule has 0 rings (SSSR count). The van der Waals surface area contributed by atoms with E-state index < -0.39 is 13.9 Å². The van der Waals surface area contributed by atoms with E-state index in [1.807, 2.05) is 0 Å². The third kappa shape index (κ3) is 225. The summed E-state index contributed by atoms with van der Waals surface area (Å²) in [6.07, 6.45) is 0. The molecule has 0 unspecified atom stereocenters. The Morgan fingerprint density at radius 1 is 0.800 bits per heavy atom. The molecule has 0 saturated carbocycles. The van der Waals surface area contributed by atoms with Crippen molar-refractivity contribution in [1.29, 1.82) is 0 Å². The van der Waals surface area contributed by atoms with Gasteiger partial charge >= 0.3 is 49.6 Å². The molecule has 0 fully saturated rings. The van der Waals surface area contributed by atoms with Gasteiger partial charge in [0.2, 0.25) is 0 Å². The number of hydrogen-bond donors (Lipinski definition) is 0. The molecule has 0 atom stereocenters.